The molecule has 3 aromatic rings. The Bertz CT molecular complexity index is 815. The first-order valence-electron chi connectivity index (χ1n) is 6.50. The lowest BCUT2D eigenvalue weighted by atomic mass is 10.2. The Hall–Kier alpha value is -2.30. The molecular formula is C16H11Cl2N3O. The van der Waals surface area contributed by atoms with Crippen LogP contribution in [0.5, 0.6) is 0 Å². The van der Waals surface area contributed by atoms with Crippen LogP contribution in [0.15, 0.2) is 60.9 Å². The summed E-state index contributed by atoms with van der Waals surface area (Å²) < 4.78 is 1.68. The molecule has 0 spiro atoms. The molecule has 0 atom stereocenters. The Morgan fingerprint density at radius 3 is 2.64 bits per heavy atom. The van der Waals surface area contributed by atoms with Gasteiger partial charge in [-0.1, -0.05) is 41.4 Å². The highest BCUT2D eigenvalue weighted by Crippen LogP contribution is 2.22. The van der Waals surface area contributed by atoms with Crippen molar-refractivity contribution in [3.63, 3.8) is 0 Å². The van der Waals surface area contributed by atoms with E-state index in [-0.39, 0.29) is 5.91 Å². The summed E-state index contributed by atoms with van der Waals surface area (Å²) in [5.74, 6) is -0.333. The lowest BCUT2D eigenvalue weighted by Gasteiger charge is -2.05. The van der Waals surface area contributed by atoms with Crippen molar-refractivity contribution < 1.29 is 4.79 Å². The summed E-state index contributed by atoms with van der Waals surface area (Å²) >= 11 is 11.9. The Balaban J connectivity index is 1.81. The van der Waals surface area contributed by atoms with Crippen LogP contribution >= 0.6 is 23.2 Å². The van der Waals surface area contributed by atoms with Crippen molar-refractivity contribution in [1.29, 1.82) is 0 Å². The van der Waals surface area contributed by atoms with Gasteiger partial charge in [0.1, 0.15) is 0 Å². The third kappa shape index (κ3) is 3.13. The van der Waals surface area contributed by atoms with Gasteiger partial charge in [0.15, 0.2) is 0 Å². The van der Waals surface area contributed by atoms with E-state index >= 15 is 0 Å². The molecule has 0 aliphatic rings. The Morgan fingerprint density at radius 1 is 1.09 bits per heavy atom. The molecule has 6 heteroatoms. The smallest absolute Gasteiger partial charge is 0.257 e. The van der Waals surface area contributed by atoms with Crippen LogP contribution < -0.4 is 5.32 Å². The maximum atomic E-state index is 12.2. The van der Waals surface area contributed by atoms with Crippen LogP contribution in [0.3, 0.4) is 0 Å². The molecular weight excluding hydrogens is 321 g/mol. The minimum atomic E-state index is -0.333. The topological polar surface area (TPSA) is 46.9 Å². The van der Waals surface area contributed by atoms with Crippen molar-refractivity contribution in [2.24, 2.45) is 0 Å². The summed E-state index contributed by atoms with van der Waals surface area (Å²) in [7, 11) is 0. The zero-order chi connectivity index (χ0) is 15.5. The monoisotopic (exact) mass is 331 g/mol. The SMILES string of the molecule is O=C(Nc1cnn(-c2ccccc2)c1)c1cc(Cl)ccc1Cl. The zero-order valence-corrected chi connectivity index (χ0v) is 12.8. The first-order valence-corrected chi connectivity index (χ1v) is 7.25. The highest BCUT2D eigenvalue weighted by Gasteiger charge is 2.12. The number of para-hydroxylation sites is 1. The molecule has 22 heavy (non-hydrogen) atoms. The third-order valence-corrected chi connectivity index (χ3v) is 3.60. The minimum absolute atomic E-state index is 0.321. The van der Waals surface area contributed by atoms with Gasteiger partial charge in [0, 0.05) is 5.02 Å². The van der Waals surface area contributed by atoms with Crippen molar-refractivity contribution in [2.45, 2.75) is 0 Å². The van der Waals surface area contributed by atoms with Crippen LogP contribution in [-0.4, -0.2) is 15.7 Å². The fraction of sp³-hybridized carbons (Fsp3) is 0. The largest absolute Gasteiger partial charge is 0.319 e. The van der Waals surface area contributed by atoms with Crippen LogP contribution in [0.1, 0.15) is 10.4 Å². The molecule has 2 aromatic carbocycles. The fourth-order valence-electron chi connectivity index (χ4n) is 1.98. The molecule has 1 N–H and O–H groups in total. The van der Waals surface area contributed by atoms with Crippen molar-refractivity contribution in [3.8, 4) is 5.69 Å². The van der Waals surface area contributed by atoms with E-state index in [1.165, 1.54) is 6.07 Å². The summed E-state index contributed by atoms with van der Waals surface area (Å²) in [5, 5.41) is 7.77. The van der Waals surface area contributed by atoms with E-state index in [0.29, 0.717) is 21.3 Å². The molecule has 1 aromatic heterocycles. The summed E-state index contributed by atoms with van der Waals surface area (Å²) in [4.78, 5) is 12.2. The van der Waals surface area contributed by atoms with Gasteiger partial charge >= 0.3 is 0 Å². The zero-order valence-electron chi connectivity index (χ0n) is 11.3. The normalized spacial score (nSPS) is 10.5. The Labute approximate surface area is 137 Å². The van der Waals surface area contributed by atoms with Crippen LogP contribution in [0.4, 0.5) is 5.69 Å². The fourth-order valence-corrected chi connectivity index (χ4v) is 2.35. The summed E-state index contributed by atoms with van der Waals surface area (Å²) in [6.07, 6.45) is 3.30. The van der Waals surface area contributed by atoms with Gasteiger partial charge in [-0.3, -0.25) is 4.79 Å². The number of amides is 1. The number of halogens is 2. The Morgan fingerprint density at radius 2 is 1.86 bits per heavy atom. The number of hydrogen-bond donors (Lipinski definition) is 1. The van der Waals surface area contributed by atoms with E-state index in [1.54, 1.807) is 29.2 Å². The predicted molar refractivity (Wildman–Crippen MR) is 88.0 cm³/mol. The van der Waals surface area contributed by atoms with E-state index < -0.39 is 0 Å². The van der Waals surface area contributed by atoms with E-state index in [1.807, 2.05) is 30.3 Å². The molecule has 0 saturated heterocycles. The number of benzene rings is 2. The first kappa shape index (κ1) is 14.6. The van der Waals surface area contributed by atoms with Crippen LogP contribution in [0.25, 0.3) is 5.69 Å². The van der Waals surface area contributed by atoms with Crippen LogP contribution in [-0.2, 0) is 0 Å². The second kappa shape index (κ2) is 6.22. The molecule has 4 nitrogen and oxygen atoms in total. The molecule has 110 valence electrons. The number of rotatable bonds is 3. The average Bonchev–Trinajstić information content (AvgIpc) is 2.99. The Kier molecular flexibility index (Phi) is 4.13. The lowest BCUT2D eigenvalue weighted by molar-refractivity contribution is 0.102. The van der Waals surface area contributed by atoms with Crippen molar-refractivity contribution in [3.05, 3.63) is 76.5 Å². The average molecular weight is 332 g/mol. The molecule has 0 fully saturated rings. The van der Waals surface area contributed by atoms with E-state index in [9.17, 15) is 4.79 Å². The molecule has 0 unspecified atom stereocenters. The number of hydrogen-bond acceptors (Lipinski definition) is 2. The molecule has 0 aliphatic heterocycles. The molecule has 1 amide bonds. The number of aromatic nitrogens is 2. The minimum Gasteiger partial charge on any atom is -0.319 e. The second-order valence-corrected chi connectivity index (χ2v) is 5.43. The first-order chi connectivity index (χ1) is 10.6. The van der Waals surface area contributed by atoms with E-state index in [0.717, 1.165) is 5.69 Å². The molecule has 0 radical (unpaired) electrons. The van der Waals surface area contributed by atoms with Gasteiger partial charge in [-0.15, -0.1) is 0 Å². The summed E-state index contributed by atoms with van der Waals surface area (Å²) in [5.41, 5.74) is 1.80. The molecule has 3 rings (SSSR count). The standard InChI is InChI=1S/C16H11Cl2N3O/c17-11-6-7-15(18)14(8-11)16(22)20-12-9-19-21(10-12)13-4-2-1-3-5-13/h1-10H,(H,20,22). The number of nitrogens with zero attached hydrogens (tertiary/aromatic N) is 2. The molecule has 0 bridgehead atoms. The summed E-state index contributed by atoms with van der Waals surface area (Å²) in [6.45, 7) is 0. The van der Waals surface area contributed by atoms with Gasteiger partial charge in [0.2, 0.25) is 0 Å². The lowest BCUT2D eigenvalue weighted by Crippen LogP contribution is -2.12. The van der Waals surface area contributed by atoms with Gasteiger partial charge < -0.3 is 5.32 Å². The summed E-state index contributed by atoms with van der Waals surface area (Å²) in [6, 6.07) is 14.4. The highest BCUT2D eigenvalue weighted by atomic mass is 35.5. The number of carbonyl (C=O) groups excluding carboxylic acids is 1. The van der Waals surface area contributed by atoms with Crippen molar-refractivity contribution in [1.82, 2.24) is 9.78 Å². The van der Waals surface area contributed by atoms with Gasteiger partial charge in [0.25, 0.3) is 5.91 Å². The quantitative estimate of drug-likeness (QED) is 0.771. The second-order valence-electron chi connectivity index (χ2n) is 4.59. The molecule has 1 heterocycles. The van der Waals surface area contributed by atoms with E-state index in [4.69, 9.17) is 23.2 Å². The van der Waals surface area contributed by atoms with Crippen molar-refractivity contribution in [2.75, 3.05) is 5.32 Å². The van der Waals surface area contributed by atoms with Crippen LogP contribution in [0.2, 0.25) is 10.0 Å². The van der Waals surface area contributed by atoms with Crippen LogP contribution in [0, 0.1) is 0 Å². The van der Waals surface area contributed by atoms with E-state index in [2.05, 4.69) is 10.4 Å². The van der Waals surface area contributed by atoms with Gasteiger partial charge in [0.05, 0.1) is 34.4 Å². The maximum Gasteiger partial charge on any atom is 0.257 e. The van der Waals surface area contributed by atoms with Gasteiger partial charge in [-0.25, -0.2) is 4.68 Å². The van der Waals surface area contributed by atoms with Crippen molar-refractivity contribution >= 4 is 34.8 Å². The maximum absolute atomic E-state index is 12.2. The number of carbonyl (C=O) groups is 1. The van der Waals surface area contributed by atoms with Gasteiger partial charge in [-0.05, 0) is 30.3 Å². The molecule has 0 saturated carbocycles. The number of nitrogens with one attached hydrogen (secondary N) is 1. The highest BCUT2D eigenvalue weighted by molar-refractivity contribution is 6.36. The molecule has 0 aliphatic carbocycles. The predicted octanol–water partition coefficient (Wildman–Crippen LogP) is 4.43. The third-order valence-electron chi connectivity index (χ3n) is 3.03. The number of anilines is 1. The van der Waals surface area contributed by atoms with Gasteiger partial charge in [-0.2, -0.15) is 5.10 Å².